The second-order valence-electron chi connectivity index (χ2n) is 14.0. The third-order valence-electron chi connectivity index (χ3n) is 10.7. The Kier molecular flexibility index (Phi) is 7.42. The van der Waals surface area contributed by atoms with Crippen molar-refractivity contribution in [2.24, 2.45) is 0 Å². The Labute approximate surface area is 322 Å². The molecule has 0 amide bonds. The van der Waals surface area contributed by atoms with Crippen molar-refractivity contribution in [3.05, 3.63) is 188 Å². The summed E-state index contributed by atoms with van der Waals surface area (Å²) >= 11 is 0. The summed E-state index contributed by atoms with van der Waals surface area (Å²) in [4.78, 5) is 14.4. The fourth-order valence-corrected chi connectivity index (χ4v) is 7.85. The topological polar surface area (TPSA) is 65.0 Å². The third-order valence-corrected chi connectivity index (χ3v) is 10.7. The number of furan rings is 2. The zero-order chi connectivity index (χ0) is 37.0. The average Bonchev–Trinajstić information content (AvgIpc) is 3.85. The molecular formula is C51H31N3O2. The van der Waals surface area contributed by atoms with Crippen LogP contribution in [-0.2, 0) is 0 Å². The van der Waals surface area contributed by atoms with Crippen molar-refractivity contribution in [1.29, 1.82) is 0 Å². The van der Waals surface area contributed by atoms with Crippen LogP contribution >= 0.6 is 0 Å². The first-order chi connectivity index (χ1) is 27.7. The number of nitrogens with zero attached hydrogens (tertiary/aromatic N) is 3. The van der Waals surface area contributed by atoms with Crippen LogP contribution < -0.4 is 0 Å². The first-order valence-electron chi connectivity index (χ1n) is 18.7. The van der Waals surface area contributed by atoms with Gasteiger partial charge in [0.1, 0.15) is 22.3 Å². The highest BCUT2D eigenvalue weighted by Crippen LogP contribution is 2.43. The van der Waals surface area contributed by atoms with Gasteiger partial charge in [0.25, 0.3) is 0 Å². The minimum Gasteiger partial charge on any atom is -0.456 e. The lowest BCUT2D eigenvalue weighted by molar-refractivity contribution is 0.668. The Bertz CT molecular complexity index is 3220. The van der Waals surface area contributed by atoms with Crippen LogP contribution in [-0.4, -0.2) is 15.0 Å². The van der Waals surface area contributed by atoms with Crippen molar-refractivity contribution in [2.75, 3.05) is 0 Å². The fourth-order valence-electron chi connectivity index (χ4n) is 7.85. The number of fused-ring (bicyclic) bond motifs is 6. The Balaban J connectivity index is 1.00. The van der Waals surface area contributed by atoms with Gasteiger partial charge < -0.3 is 8.83 Å². The lowest BCUT2D eigenvalue weighted by atomic mass is 9.94. The predicted molar refractivity (Wildman–Crippen MR) is 227 cm³/mol. The number of aromatic nitrogens is 3. The monoisotopic (exact) mass is 717 g/mol. The average molecular weight is 718 g/mol. The van der Waals surface area contributed by atoms with Gasteiger partial charge in [0.15, 0.2) is 5.82 Å². The zero-order valence-electron chi connectivity index (χ0n) is 30.1. The number of hydrogen-bond acceptors (Lipinski definition) is 5. The minimum absolute atomic E-state index is 0.668. The Hall–Kier alpha value is -7.63. The van der Waals surface area contributed by atoms with Crippen LogP contribution in [0.15, 0.2) is 197 Å². The first kappa shape index (κ1) is 31.9. The van der Waals surface area contributed by atoms with Gasteiger partial charge in [-0.15, -0.1) is 0 Å². The summed E-state index contributed by atoms with van der Waals surface area (Å²) in [6.45, 7) is 0. The molecule has 11 aromatic rings. The van der Waals surface area contributed by atoms with Crippen LogP contribution in [0.3, 0.4) is 0 Å². The van der Waals surface area contributed by atoms with Crippen molar-refractivity contribution < 1.29 is 8.83 Å². The molecule has 11 rings (SSSR count). The molecule has 4 heterocycles. The third kappa shape index (κ3) is 5.45. The molecule has 56 heavy (non-hydrogen) atoms. The minimum atomic E-state index is 0.668. The first-order valence-corrected chi connectivity index (χ1v) is 18.7. The van der Waals surface area contributed by atoms with E-state index in [2.05, 4.69) is 120 Å². The maximum atomic E-state index is 6.65. The van der Waals surface area contributed by atoms with Gasteiger partial charge >= 0.3 is 0 Å². The number of hydrogen-bond donors (Lipinski definition) is 0. The van der Waals surface area contributed by atoms with Gasteiger partial charge in [0.2, 0.25) is 0 Å². The zero-order valence-corrected chi connectivity index (χ0v) is 30.1. The summed E-state index contributed by atoms with van der Waals surface area (Å²) in [5, 5.41) is 4.37. The largest absolute Gasteiger partial charge is 0.456 e. The molecule has 0 radical (unpaired) electrons. The van der Waals surface area contributed by atoms with Gasteiger partial charge in [-0.3, -0.25) is 4.98 Å². The van der Waals surface area contributed by atoms with Crippen molar-refractivity contribution in [3.63, 3.8) is 0 Å². The highest BCUT2D eigenvalue weighted by atomic mass is 16.3. The second kappa shape index (κ2) is 13.0. The quantitative estimate of drug-likeness (QED) is 0.171. The Morgan fingerprint density at radius 2 is 0.893 bits per heavy atom. The lowest BCUT2D eigenvalue weighted by Crippen LogP contribution is -1.96. The van der Waals surface area contributed by atoms with Crippen molar-refractivity contribution in [3.8, 4) is 67.3 Å². The van der Waals surface area contributed by atoms with Crippen LogP contribution in [0, 0.1) is 0 Å². The molecule has 7 aromatic carbocycles. The molecule has 0 aliphatic rings. The molecule has 0 aliphatic carbocycles. The normalized spacial score (nSPS) is 11.6. The molecule has 0 saturated heterocycles. The Morgan fingerprint density at radius 1 is 0.339 bits per heavy atom. The van der Waals surface area contributed by atoms with E-state index in [1.165, 1.54) is 0 Å². The van der Waals surface area contributed by atoms with Crippen LogP contribution in [0.5, 0.6) is 0 Å². The van der Waals surface area contributed by atoms with E-state index in [9.17, 15) is 0 Å². The summed E-state index contributed by atoms with van der Waals surface area (Å²) < 4.78 is 12.9. The molecule has 0 bridgehead atoms. The number of para-hydroxylation sites is 2. The molecule has 262 valence electrons. The summed E-state index contributed by atoms with van der Waals surface area (Å²) in [6, 6.07) is 60.7. The summed E-state index contributed by atoms with van der Waals surface area (Å²) in [5.41, 5.74) is 14.7. The molecule has 5 nitrogen and oxygen atoms in total. The van der Waals surface area contributed by atoms with Crippen LogP contribution in [0.2, 0.25) is 0 Å². The maximum Gasteiger partial charge on any atom is 0.160 e. The van der Waals surface area contributed by atoms with Crippen LogP contribution in [0.1, 0.15) is 0 Å². The van der Waals surface area contributed by atoms with E-state index in [1.54, 1.807) is 0 Å². The van der Waals surface area contributed by atoms with Crippen molar-refractivity contribution >= 4 is 43.9 Å². The summed E-state index contributed by atoms with van der Waals surface area (Å²) in [7, 11) is 0. The highest BCUT2D eigenvalue weighted by Gasteiger charge is 2.19. The molecule has 4 aromatic heterocycles. The number of pyridine rings is 1. The molecule has 0 atom stereocenters. The molecule has 0 N–H and O–H groups in total. The van der Waals surface area contributed by atoms with E-state index in [4.69, 9.17) is 18.8 Å². The summed E-state index contributed by atoms with van der Waals surface area (Å²) in [5.74, 6) is 0.668. The van der Waals surface area contributed by atoms with Gasteiger partial charge in [-0.1, -0.05) is 127 Å². The van der Waals surface area contributed by atoms with E-state index in [-0.39, 0.29) is 0 Å². The Morgan fingerprint density at radius 3 is 1.66 bits per heavy atom. The maximum absolute atomic E-state index is 6.65. The fraction of sp³-hybridized carbons (Fsp3) is 0. The molecule has 0 spiro atoms. The van der Waals surface area contributed by atoms with Gasteiger partial charge in [0, 0.05) is 56.2 Å². The van der Waals surface area contributed by atoms with Gasteiger partial charge in [0.05, 0.1) is 11.4 Å². The van der Waals surface area contributed by atoms with E-state index < -0.39 is 0 Å². The van der Waals surface area contributed by atoms with Gasteiger partial charge in [-0.25, -0.2) is 9.97 Å². The SMILES string of the molecule is c1ccc(-c2cc(-c3ccc(-c4ccncc4)cc3)nc(-c3ccc(-c4ccc(-c5ccc6c(c5)oc5ccccc56)c5oc6ccccc6c45)cc3)n2)cc1. The lowest BCUT2D eigenvalue weighted by Gasteiger charge is -2.11. The van der Waals surface area contributed by atoms with Crippen molar-refractivity contribution in [1.82, 2.24) is 15.0 Å². The smallest absolute Gasteiger partial charge is 0.160 e. The van der Waals surface area contributed by atoms with Crippen LogP contribution in [0.25, 0.3) is 111 Å². The molecule has 0 unspecified atom stereocenters. The molecule has 0 fully saturated rings. The van der Waals surface area contributed by atoms with E-state index >= 15 is 0 Å². The van der Waals surface area contributed by atoms with Gasteiger partial charge in [-0.2, -0.15) is 0 Å². The number of benzene rings is 7. The number of rotatable bonds is 6. The van der Waals surface area contributed by atoms with Crippen LogP contribution in [0.4, 0.5) is 0 Å². The predicted octanol–water partition coefficient (Wildman–Crippen LogP) is 13.7. The molecule has 0 aliphatic heterocycles. The van der Waals surface area contributed by atoms with Gasteiger partial charge in [-0.05, 0) is 76.3 Å². The standard InChI is InChI=1S/C51H31N3O2/c1-2-8-35(9-3-1)44-31-45(36-18-14-32(15-19-36)33-26-28-52-29-27-33)54-51(53-44)37-20-16-34(17-21-37)39-24-25-40(50-49(39)43-11-5-7-13-47(43)56-50)38-22-23-42-41-10-4-6-12-46(41)55-48(42)30-38/h1-31H. The van der Waals surface area contributed by atoms with E-state index in [0.717, 1.165) is 105 Å². The second-order valence-corrected chi connectivity index (χ2v) is 14.0. The molecule has 0 saturated carbocycles. The van der Waals surface area contributed by atoms with E-state index in [0.29, 0.717) is 5.82 Å². The summed E-state index contributed by atoms with van der Waals surface area (Å²) in [6.07, 6.45) is 3.63. The molecule has 5 heteroatoms. The van der Waals surface area contributed by atoms with Crippen molar-refractivity contribution in [2.45, 2.75) is 0 Å². The highest BCUT2D eigenvalue weighted by molar-refractivity contribution is 6.17. The molecular weight excluding hydrogens is 687 g/mol. The van der Waals surface area contributed by atoms with E-state index in [1.807, 2.05) is 73.1 Å².